The number of para-hydroxylation sites is 2. The highest BCUT2D eigenvalue weighted by Gasteiger charge is 2.16. The number of carbonyl (C=O) groups is 1. The predicted molar refractivity (Wildman–Crippen MR) is 118 cm³/mol. The van der Waals surface area contributed by atoms with Gasteiger partial charge in [-0.1, -0.05) is 62.4 Å². The Bertz CT molecular complexity index is 926. The second-order valence-corrected chi connectivity index (χ2v) is 8.19. The number of amides is 1. The van der Waals surface area contributed by atoms with Gasteiger partial charge < -0.3 is 9.88 Å². The fourth-order valence-corrected chi connectivity index (χ4v) is 4.49. The molecule has 0 radical (unpaired) electrons. The van der Waals surface area contributed by atoms with Crippen LogP contribution >= 0.6 is 0 Å². The minimum Gasteiger partial charge on any atom is -0.352 e. The van der Waals surface area contributed by atoms with Gasteiger partial charge in [-0.25, -0.2) is 4.98 Å². The molecule has 1 saturated carbocycles. The Labute approximate surface area is 173 Å². The van der Waals surface area contributed by atoms with E-state index in [1.165, 1.54) is 44.0 Å². The molecule has 4 nitrogen and oxygen atoms in total. The lowest BCUT2D eigenvalue weighted by Gasteiger charge is -2.22. The van der Waals surface area contributed by atoms with Crippen LogP contribution in [0.25, 0.3) is 11.0 Å². The van der Waals surface area contributed by atoms with E-state index in [-0.39, 0.29) is 5.91 Å². The number of nitrogens with zero attached hydrogens (tertiary/aromatic N) is 2. The van der Waals surface area contributed by atoms with Gasteiger partial charge in [0.05, 0.1) is 11.0 Å². The van der Waals surface area contributed by atoms with Gasteiger partial charge in [-0.3, -0.25) is 4.79 Å². The Balaban J connectivity index is 1.36. The topological polar surface area (TPSA) is 46.9 Å². The van der Waals surface area contributed by atoms with Gasteiger partial charge in [0.25, 0.3) is 5.91 Å². The largest absolute Gasteiger partial charge is 0.352 e. The molecule has 0 unspecified atom stereocenters. The molecule has 1 aliphatic carbocycles. The maximum atomic E-state index is 12.2. The Morgan fingerprint density at radius 2 is 1.76 bits per heavy atom. The Hall–Kier alpha value is -2.62. The second kappa shape index (κ2) is 9.73. The van der Waals surface area contributed by atoms with E-state index in [1.54, 1.807) is 0 Å². The quantitative estimate of drug-likeness (QED) is 0.527. The van der Waals surface area contributed by atoms with E-state index in [2.05, 4.69) is 34.1 Å². The van der Waals surface area contributed by atoms with Crippen LogP contribution in [0, 0.1) is 5.92 Å². The van der Waals surface area contributed by atoms with Crippen LogP contribution in [0.4, 0.5) is 0 Å². The van der Waals surface area contributed by atoms with Crippen LogP contribution in [0.3, 0.4) is 0 Å². The first-order chi connectivity index (χ1) is 14.3. The molecule has 1 amide bonds. The van der Waals surface area contributed by atoms with Crippen LogP contribution in [-0.4, -0.2) is 22.0 Å². The summed E-state index contributed by atoms with van der Waals surface area (Å²) in [6, 6.07) is 17.9. The summed E-state index contributed by atoms with van der Waals surface area (Å²) in [4.78, 5) is 17.1. The van der Waals surface area contributed by atoms with Crippen molar-refractivity contribution in [2.75, 3.05) is 6.54 Å². The molecule has 0 bridgehead atoms. The summed E-state index contributed by atoms with van der Waals surface area (Å²) < 4.78 is 2.42. The maximum absolute atomic E-state index is 12.2. The molecule has 0 aliphatic heterocycles. The molecular formula is C25H31N3O. The average Bonchev–Trinajstić information content (AvgIpc) is 3.14. The van der Waals surface area contributed by atoms with Crippen LogP contribution in [0.1, 0.15) is 61.1 Å². The van der Waals surface area contributed by atoms with Crippen molar-refractivity contribution >= 4 is 16.9 Å². The molecule has 29 heavy (non-hydrogen) atoms. The van der Waals surface area contributed by atoms with Gasteiger partial charge in [0.1, 0.15) is 5.82 Å². The van der Waals surface area contributed by atoms with Crippen molar-refractivity contribution < 1.29 is 4.79 Å². The van der Waals surface area contributed by atoms with Gasteiger partial charge in [0.2, 0.25) is 0 Å². The molecule has 1 fully saturated rings. The van der Waals surface area contributed by atoms with E-state index in [4.69, 9.17) is 4.98 Å². The van der Waals surface area contributed by atoms with E-state index in [0.717, 1.165) is 36.6 Å². The number of aromatic nitrogens is 2. The maximum Gasteiger partial charge on any atom is 0.251 e. The fourth-order valence-electron chi connectivity index (χ4n) is 4.49. The number of rotatable bonds is 8. The van der Waals surface area contributed by atoms with Gasteiger partial charge in [-0.15, -0.1) is 0 Å². The average molecular weight is 390 g/mol. The number of imidazole rings is 1. The lowest BCUT2D eigenvalue weighted by Crippen LogP contribution is -2.25. The van der Waals surface area contributed by atoms with Gasteiger partial charge in [0.15, 0.2) is 0 Å². The minimum atomic E-state index is -0.00333. The molecule has 0 spiro atoms. The van der Waals surface area contributed by atoms with Gasteiger partial charge >= 0.3 is 0 Å². The molecular weight excluding hydrogens is 358 g/mol. The highest BCUT2D eigenvalue weighted by atomic mass is 16.1. The Morgan fingerprint density at radius 3 is 2.59 bits per heavy atom. The molecule has 2 aromatic carbocycles. The second-order valence-electron chi connectivity index (χ2n) is 8.19. The van der Waals surface area contributed by atoms with Crippen molar-refractivity contribution in [2.24, 2.45) is 5.92 Å². The number of aryl methyl sites for hydroxylation is 2. The zero-order valence-electron chi connectivity index (χ0n) is 17.1. The van der Waals surface area contributed by atoms with E-state index < -0.39 is 0 Å². The highest BCUT2D eigenvalue weighted by Crippen LogP contribution is 2.28. The fraction of sp³-hybridized carbons (Fsp3) is 0.440. The zero-order valence-corrected chi connectivity index (χ0v) is 17.1. The van der Waals surface area contributed by atoms with Crippen molar-refractivity contribution in [3.8, 4) is 0 Å². The summed E-state index contributed by atoms with van der Waals surface area (Å²) in [7, 11) is 0. The third-order valence-electron chi connectivity index (χ3n) is 6.12. The molecule has 4 rings (SSSR count). The standard InChI is InChI=1S/C25H31N3O/c29-25(21-12-5-2-6-13-21)26-18-9-16-24-27-22-14-7-8-15-23(22)28(24)19-17-20-10-3-1-4-11-20/h2,5-8,12-15,20H,1,3-4,9-11,16-19H2,(H,26,29). The SMILES string of the molecule is O=C(NCCCc1nc2ccccc2n1CCC1CCCCC1)c1ccccc1. The number of carbonyl (C=O) groups excluding carboxylic acids is 1. The van der Waals surface area contributed by atoms with Gasteiger partial charge in [-0.05, 0) is 43.0 Å². The molecule has 4 heteroatoms. The number of fused-ring (bicyclic) bond motifs is 1. The highest BCUT2D eigenvalue weighted by molar-refractivity contribution is 5.94. The molecule has 1 N–H and O–H groups in total. The molecule has 1 heterocycles. The molecule has 152 valence electrons. The summed E-state index contributed by atoms with van der Waals surface area (Å²) in [6.07, 6.45) is 9.98. The van der Waals surface area contributed by atoms with Crippen molar-refractivity contribution in [1.82, 2.24) is 14.9 Å². The van der Waals surface area contributed by atoms with Crippen molar-refractivity contribution in [2.45, 2.75) is 57.9 Å². The summed E-state index contributed by atoms with van der Waals surface area (Å²) >= 11 is 0. The van der Waals surface area contributed by atoms with Crippen LogP contribution in [-0.2, 0) is 13.0 Å². The minimum absolute atomic E-state index is 0.00333. The summed E-state index contributed by atoms with van der Waals surface area (Å²) in [5.41, 5.74) is 3.04. The Kier molecular flexibility index (Phi) is 6.60. The third kappa shape index (κ3) is 5.06. The first-order valence-electron chi connectivity index (χ1n) is 11.1. The predicted octanol–water partition coefficient (Wildman–Crippen LogP) is 5.37. The lowest BCUT2D eigenvalue weighted by molar-refractivity contribution is 0.0953. The normalized spacial score (nSPS) is 14.9. The van der Waals surface area contributed by atoms with Crippen molar-refractivity contribution in [1.29, 1.82) is 0 Å². The molecule has 3 aromatic rings. The molecule has 0 atom stereocenters. The number of nitrogens with one attached hydrogen (secondary N) is 1. The summed E-state index contributed by atoms with van der Waals surface area (Å²) in [5, 5.41) is 3.03. The number of benzene rings is 2. The van der Waals surface area contributed by atoms with Crippen LogP contribution in [0.2, 0.25) is 0 Å². The van der Waals surface area contributed by atoms with Crippen LogP contribution < -0.4 is 5.32 Å². The monoisotopic (exact) mass is 389 g/mol. The summed E-state index contributed by atoms with van der Waals surface area (Å²) in [6.45, 7) is 1.72. The molecule has 1 aliphatic rings. The number of hydrogen-bond acceptors (Lipinski definition) is 2. The zero-order chi connectivity index (χ0) is 19.9. The van der Waals surface area contributed by atoms with E-state index in [1.807, 2.05) is 30.3 Å². The van der Waals surface area contributed by atoms with Crippen LogP contribution in [0.5, 0.6) is 0 Å². The van der Waals surface area contributed by atoms with Crippen molar-refractivity contribution in [3.05, 3.63) is 66.0 Å². The Morgan fingerprint density at radius 1 is 1.00 bits per heavy atom. The van der Waals surface area contributed by atoms with Gasteiger partial charge in [-0.2, -0.15) is 0 Å². The molecule has 1 aromatic heterocycles. The first kappa shape index (κ1) is 19.7. The van der Waals surface area contributed by atoms with Crippen molar-refractivity contribution in [3.63, 3.8) is 0 Å². The smallest absolute Gasteiger partial charge is 0.251 e. The van der Waals surface area contributed by atoms with Gasteiger partial charge in [0, 0.05) is 25.1 Å². The van der Waals surface area contributed by atoms with E-state index in [0.29, 0.717) is 12.1 Å². The number of hydrogen-bond donors (Lipinski definition) is 1. The lowest BCUT2D eigenvalue weighted by atomic mass is 9.87. The third-order valence-corrected chi connectivity index (χ3v) is 6.12. The molecule has 0 saturated heterocycles. The first-order valence-corrected chi connectivity index (χ1v) is 11.1. The van der Waals surface area contributed by atoms with Crippen LogP contribution in [0.15, 0.2) is 54.6 Å². The van der Waals surface area contributed by atoms with E-state index in [9.17, 15) is 4.79 Å². The summed E-state index contributed by atoms with van der Waals surface area (Å²) in [5.74, 6) is 2.01. The van der Waals surface area contributed by atoms with E-state index >= 15 is 0 Å².